The monoisotopic (exact) mass is 606 g/mol. The van der Waals surface area contributed by atoms with E-state index in [0.717, 1.165) is 25.7 Å². The number of unbranched alkanes of at least 4 members (excludes halogenated alkanes) is 14. The smallest absolute Gasteiger partial charge is 0.306 e. The van der Waals surface area contributed by atoms with Crippen molar-refractivity contribution >= 4 is 11.8 Å². The number of rotatable bonds is 25. The Balaban J connectivity index is 0.00000968. The second-order valence-corrected chi connectivity index (χ2v) is 13.6. The highest BCUT2D eigenvalue weighted by Crippen LogP contribution is 2.42. The van der Waals surface area contributed by atoms with Crippen molar-refractivity contribution in [3.8, 4) is 0 Å². The molecule has 0 amide bonds. The fraction of sp³-hybridized carbons (Fsp3) is 0.838. The van der Waals surface area contributed by atoms with Gasteiger partial charge in [0.15, 0.2) is 11.6 Å². The number of carbonyl (C=O) groups is 2. The lowest BCUT2D eigenvalue weighted by atomic mass is 9.92. The zero-order valence-corrected chi connectivity index (χ0v) is 27.8. The predicted molar refractivity (Wildman–Crippen MR) is 177 cm³/mol. The van der Waals surface area contributed by atoms with E-state index in [1.165, 1.54) is 102 Å². The number of aliphatic hydroxyl groups excluding tert-OH is 1. The molecule has 0 radical (unpaired) electrons. The second-order valence-electron chi connectivity index (χ2n) is 13.6. The summed E-state index contributed by atoms with van der Waals surface area (Å²) >= 11 is 0. The Morgan fingerprint density at radius 3 is 1.86 bits per heavy atom. The molecule has 1 aliphatic carbocycles. The Hall–Kier alpha value is -1.50. The maximum atomic E-state index is 12.9. The number of esters is 1. The van der Waals surface area contributed by atoms with Crippen LogP contribution in [0.3, 0.4) is 0 Å². The average molecular weight is 607 g/mol. The Morgan fingerprint density at radius 2 is 1.35 bits per heavy atom. The largest absolute Gasteiger partial charge is 0.462 e. The van der Waals surface area contributed by atoms with Crippen LogP contribution < -0.4 is 0 Å². The van der Waals surface area contributed by atoms with Gasteiger partial charge in [0.05, 0.1) is 6.10 Å². The summed E-state index contributed by atoms with van der Waals surface area (Å²) in [6.45, 7) is 6.45. The third-order valence-electron chi connectivity index (χ3n) is 9.15. The van der Waals surface area contributed by atoms with Crippen molar-refractivity contribution in [2.75, 3.05) is 0 Å². The zero-order chi connectivity index (χ0) is 31.4. The molecular weight excluding hydrogens is 540 g/mol. The van der Waals surface area contributed by atoms with Gasteiger partial charge >= 0.3 is 5.97 Å². The topological polar surface area (TPSA) is 93.1 Å². The first-order chi connectivity index (χ1) is 20.7. The molecular formula is C37H66O6. The van der Waals surface area contributed by atoms with Crippen molar-refractivity contribution in [3.63, 3.8) is 0 Å². The predicted octanol–water partition coefficient (Wildman–Crippen LogP) is 9.31. The van der Waals surface area contributed by atoms with Crippen LogP contribution in [0.5, 0.6) is 0 Å². The molecule has 0 aromatic carbocycles. The van der Waals surface area contributed by atoms with Crippen LogP contribution in [0.4, 0.5) is 0 Å². The molecule has 1 heterocycles. The van der Waals surface area contributed by atoms with E-state index >= 15 is 0 Å². The molecule has 43 heavy (non-hydrogen) atoms. The Bertz CT molecular complexity index is 806. The summed E-state index contributed by atoms with van der Waals surface area (Å²) < 4.78 is 12.0. The van der Waals surface area contributed by atoms with Gasteiger partial charge in [0, 0.05) is 20.7 Å². The van der Waals surface area contributed by atoms with E-state index in [1.54, 1.807) is 12.2 Å². The first-order valence-electron chi connectivity index (χ1n) is 17.9. The average Bonchev–Trinajstić information content (AvgIpc) is 3.28. The van der Waals surface area contributed by atoms with E-state index in [9.17, 15) is 19.8 Å². The van der Waals surface area contributed by atoms with Gasteiger partial charge in [-0.25, -0.2) is 0 Å². The Labute approximate surface area is 264 Å². The molecule has 1 saturated heterocycles. The van der Waals surface area contributed by atoms with Crippen molar-refractivity contribution in [1.29, 1.82) is 0 Å². The van der Waals surface area contributed by atoms with Gasteiger partial charge in [-0.05, 0) is 68.7 Å². The molecule has 2 rings (SSSR count). The molecule has 250 valence electrons. The van der Waals surface area contributed by atoms with Crippen LogP contribution in [0.2, 0.25) is 0 Å². The van der Waals surface area contributed by atoms with Gasteiger partial charge < -0.3 is 19.7 Å². The normalized spacial score (nSPS) is 20.7. The third kappa shape index (κ3) is 16.4. The molecule has 2 N–H and O–H groups in total. The summed E-state index contributed by atoms with van der Waals surface area (Å²) in [5, 5.41) is 21.7. The summed E-state index contributed by atoms with van der Waals surface area (Å²) in [7, 11) is 0. The van der Waals surface area contributed by atoms with E-state index < -0.39 is 17.5 Å². The number of aliphatic hydroxyl groups is 2. The molecule has 0 aromatic heterocycles. The third-order valence-corrected chi connectivity index (χ3v) is 9.15. The minimum Gasteiger partial charge on any atom is -0.462 e. The molecule has 6 nitrogen and oxygen atoms in total. The van der Waals surface area contributed by atoms with Crippen molar-refractivity contribution in [2.24, 2.45) is 5.92 Å². The zero-order valence-electron chi connectivity index (χ0n) is 27.8. The summed E-state index contributed by atoms with van der Waals surface area (Å²) in [5.41, 5.74) is -0.781. The maximum absolute atomic E-state index is 12.9. The molecule has 3 atom stereocenters. The molecule has 1 spiro atoms. The van der Waals surface area contributed by atoms with Crippen molar-refractivity contribution < 1.29 is 30.7 Å². The summed E-state index contributed by atoms with van der Waals surface area (Å²) in [4.78, 5) is 24.4. The number of allylic oxidation sites excluding steroid dienone is 2. The second kappa shape index (κ2) is 21.3. The number of hydrogen-bond donors (Lipinski definition) is 2. The Morgan fingerprint density at radius 1 is 0.860 bits per heavy atom. The summed E-state index contributed by atoms with van der Waals surface area (Å²) in [5.74, 6) is -1.80. The van der Waals surface area contributed by atoms with E-state index in [2.05, 4.69) is 13.8 Å². The number of hydrogen-bond acceptors (Lipinski definition) is 6. The van der Waals surface area contributed by atoms with Gasteiger partial charge in [0.1, 0.15) is 11.7 Å². The minimum absolute atomic E-state index is 0. The van der Waals surface area contributed by atoms with E-state index in [0.29, 0.717) is 19.3 Å². The maximum Gasteiger partial charge on any atom is 0.306 e. The highest BCUT2D eigenvalue weighted by molar-refractivity contribution is 6.00. The molecule has 1 aliphatic heterocycles. The van der Waals surface area contributed by atoms with Gasteiger partial charge in [-0.15, -0.1) is 0 Å². The van der Waals surface area contributed by atoms with E-state index in [4.69, 9.17) is 9.47 Å². The SMILES string of the molecule is CCCCCCCCCCC(CCCCCCCCCC)OC(=O)CC(C)CC(O)C[C@@]1(O)CCC2(C=CC(=O)C=C2)O1.[HH]. The van der Waals surface area contributed by atoms with Crippen LogP contribution in [0, 0.1) is 5.92 Å². The quantitative estimate of drug-likeness (QED) is 0.0794. The van der Waals surface area contributed by atoms with Crippen molar-refractivity contribution in [1.82, 2.24) is 0 Å². The first-order valence-corrected chi connectivity index (χ1v) is 17.9. The van der Waals surface area contributed by atoms with Gasteiger partial charge in [0.25, 0.3) is 0 Å². The highest BCUT2D eigenvalue weighted by atomic mass is 16.6. The number of ether oxygens (including phenoxy) is 2. The highest BCUT2D eigenvalue weighted by Gasteiger charge is 2.47. The molecule has 0 bridgehead atoms. The standard InChI is InChI=1S/C37H64O6.H2/c1-4-6-8-10-12-14-16-18-20-34(21-19-17-15-13-11-9-7-5-2)42-35(40)29-31(3)28-33(39)30-37(41)27-26-36(43-37)24-22-32(38)23-25-36;/h22-25,31,33-34,39,41H,4-21,26-30H2,1-3H3;1H/t31?,33?,37-;/m1./s1. The molecule has 2 aliphatic rings. The van der Waals surface area contributed by atoms with Crippen LogP contribution in [0.15, 0.2) is 24.3 Å². The minimum atomic E-state index is -1.45. The fourth-order valence-corrected chi connectivity index (χ4v) is 6.57. The molecule has 1 fully saturated rings. The fourth-order valence-electron chi connectivity index (χ4n) is 6.57. The van der Waals surface area contributed by atoms with Gasteiger partial charge in [0.2, 0.25) is 0 Å². The van der Waals surface area contributed by atoms with Crippen LogP contribution in [0.1, 0.15) is 170 Å². The van der Waals surface area contributed by atoms with Gasteiger partial charge in [-0.1, -0.05) is 111 Å². The lowest BCUT2D eigenvalue weighted by molar-refractivity contribution is -0.216. The van der Waals surface area contributed by atoms with Crippen LogP contribution in [-0.2, 0) is 19.1 Å². The summed E-state index contributed by atoms with van der Waals surface area (Å²) in [6, 6.07) is 0. The lowest BCUT2D eigenvalue weighted by Crippen LogP contribution is -2.37. The lowest BCUT2D eigenvalue weighted by Gasteiger charge is -2.30. The summed E-state index contributed by atoms with van der Waals surface area (Å²) in [6.07, 6.45) is 29.3. The molecule has 0 aromatic rings. The van der Waals surface area contributed by atoms with Gasteiger partial charge in [-0.3, -0.25) is 9.59 Å². The van der Waals surface area contributed by atoms with E-state index in [-0.39, 0.29) is 38.0 Å². The number of ketones is 1. The van der Waals surface area contributed by atoms with Gasteiger partial charge in [-0.2, -0.15) is 0 Å². The molecule has 2 unspecified atom stereocenters. The van der Waals surface area contributed by atoms with Crippen LogP contribution in [-0.4, -0.2) is 45.6 Å². The number of carbonyl (C=O) groups excluding carboxylic acids is 2. The first kappa shape index (κ1) is 37.7. The van der Waals surface area contributed by atoms with Crippen molar-refractivity contribution in [3.05, 3.63) is 24.3 Å². The molecule has 6 heteroatoms. The van der Waals surface area contributed by atoms with Crippen LogP contribution in [0.25, 0.3) is 0 Å². The van der Waals surface area contributed by atoms with Crippen molar-refractivity contribution in [2.45, 2.75) is 192 Å². The van der Waals surface area contributed by atoms with E-state index in [1.807, 2.05) is 6.92 Å². The molecule has 0 saturated carbocycles. The van der Waals surface area contributed by atoms with Crippen LogP contribution >= 0.6 is 0 Å². The Kier molecular flexibility index (Phi) is 18.6.